The Hall–Kier alpha value is -7.43. The lowest BCUT2D eigenvalue weighted by Crippen LogP contribution is -2.12. The first-order valence-electron chi connectivity index (χ1n) is 19.5. The van der Waals surface area contributed by atoms with Crippen LogP contribution in [0.3, 0.4) is 0 Å². The fourth-order valence-electron chi connectivity index (χ4n) is 9.06. The SMILES string of the molecule is C1=CC(c2nc(-c3cc4ccccc4c4ccccc34)nc(-c3ccc(-c4ccc5ccccc5c4)c4oc5ccccc5c34)n2)Cc2c1ccc1ccccc21. The van der Waals surface area contributed by atoms with Crippen molar-refractivity contribution in [2.45, 2.75) is 12.3 Å². The molecule has 0 spiro atoms. The highest BCUT2D eigenvalue weighted by Gasteiger charge is 2.25. The Kier molecular flexibility index (Phi) is 7.02. The van der Waals surface area contributed by atoms with Crippen molar-refractivity contribution in [1.82, 2.24) is 15.0 Å². The summed E-state index contributed by atoms with van der Waals surface area (Å²) in [4.78, 5) is 16.2. The van der Waals surface area contributed by atoms with E-state index in [0.29, 0.717) is 11.6 Å². The van der Waals surface area contributed by atoms with Gasteiger partial charge in [-0.2, -0.15) is 0 Å². The van der Waals surface area contributed by atoms with Gasteiger partial charge in [0.15, 0.2) is 11.6 Å². The summed E-state index contributed by atoms with van der Waals surface area (Å²) < 4.78 is 6.78. The number of benzene rings is 9. The number of furan rings is 1. The summed E-state index contributed by atoms with van der Waals surface area (Å²) in [6.07, 6.45) is 5.30. The van der Waals surface area contributed by atoms with Crippen LogP contribution in [-0.2, 0) is 6.42 Å². The molecule has 0 radical (unpaired) electrons. The molecule has 0 amide bonds. The number of allylic oxidation sites excluding steroid dienone is 1. The molecule has 11 aromatic rings. The van der Waals surface area contributed by atoms with Crippen LogP contribution < -0.4 is 0 Å². The molecule has 0 saturated heterocycles. The molecule has 0 aliphatic heterocycles. The van der Waals surface area contributed by atoms with E-state index in [4.69, 9.17) is 19.4 Å². The van der Waals surface area contributed by atoms with Gasteiger partial charge in [0.1, 0.15) is 17.0 Å². The third-order valence-electron chi connectivity index (χ3n) is 11.8. The number of nitrogens with zero attached hydrogens (tertiary/aromatic N) is 3. The lowest BCUT2D eigenvalue weighted by Gasteiger charge is -2.21. The Morgan fingerprint density at radius 3 is 1.96 bits per heavy atom. The van der Waals surface area contributed by atoms with Crippen LogP contribution in [0.4, 0.5) is 0 Å². The highest BCUT2D eigenvalue weighted by molar-refractivity contribution is 6.16. The van der Waals surface area contributed by atoms with Crippen molar-refractivity contribution < 1.29 is 4.42 Å². The molecule has 1 aliphatic rings. The van der Waals surface area contributed by atoms with Crippen molar-refractivity contribution in [2.75, 3.05) is 0 Å². The molecule has 9 aromatic carbocycles. The predicted octanol–water partition coefficient (Wildman–Crippen LogP) is 13.7. The number of para-hydroxylation sites is 1. The van der Waals surface area contributed by atoms with Crippen molar-refractivity contribution in [3.63, 3.8) is 0 Å². The third kappa shape index (κ3) is 5.11. The molecular weight excluding hydrogens is 695 g/mol. The van der Waals surface area contributed by atoms with E-state index in [9.17, 15) is 0 Å². The minimum atomic E-state index is -0.0519. The number of hydrogen-bond donors (Lipinski definition) is 0. The van der Waals surface area contributed by atoms with Gasteiger partial charge >= 0.3 is 0 Å². The molecule has 0 saturated carbocycles. The summed E-state index contributed by atoms with van der Waals surface area (Å²) >= 11 is 0. The van der Waals surface area contributed by atoms with Gasteiger partial charge < -0.3 is 4.42 Å². The maximum Gasteiger partial charge on any atom is 0.164 e. The molecule has 0 bridgehead atoms. The first kappa shape index (κ1) is 31.9. The van der Waals surface area contributed by atoms with E-state index in [2.05, 4.69) is 170 Å². The van der Waals surface area contributed by atoms with Crippen molar-refractivity contribution in [2.24, 2.45) is 0 Å². The summed E-state index contributed by atoms with van der Waals surface area (Å²) in [7, 11) is 0. The molecule has 2 aromatic heterocycles. The molecule has 1 atom stereocenters. The van der Waals surface area contributed by atoms with Gasteiger partial charge in [-0.15, -0.1) is 0 Å². The van der Waals surface area contributed by atoms with Crippen molar-refractivity contribution >= 4 is 71.1 Å². The van der Waals surface area contributed by atoms with E-state index >= 15 is 0 Å². The number of rotatable bonds is 4. The molecule has 2 heterocycles. The Morgan fingerprint density at radius 2 is 1.11 bits per heavy atom. The minimum absolute atomic E-state index is 0.0519. The van der Waals surface area contributed by atoms with E-state index in [1.807, 2.05) is 12.1 Å². The van der Waals surface area contributed by atoms with Gasteiger partial charge in [0.05, 0.1) is 0 Å². The zero-order valence-corrected chi connectivity index (χ0v) is 30.9. The number of aromatic nitrogens is 3. The molecule has 0 fully saturated rings. The monoisotopic (exact) mass is 727 g/mol. The third-order valence-corrected chi connectivity index (χ3v) is 11.8. The highest BCUT2D eigenvalue weighted by Crippen LogP contribution is 2.43. The van der Waals surface area contributed by atoms with Gasteiger partial charge in [-0.25, -0.2) is 15.0 Å². The van der Waals surface area contributed by atoms with E-state index in [0.717, 1.165) is 67.2 Å². The summed E-state index contributed by atoms with van der Waals surface area (Å²) in [5, 5.41) is 11.6. The summed E-state index contributed by atoms with van der Waals surface area (Å²) in [6, 6.07) is 60.2. The molecular formula is C53H33N3O. The second-order valence-electron chi connectivity index (χ2n) is 15.1. The van der Waals surface area contributed by atoms with Gasteiger partial charge in [-0.05, 0) is 96.5 Å². The van der Waals surface area contributed by atoms with Crippen LogP contribution in [0.2, 0.25) is 0 Å². The first-order valence-corrected chi connectivity index (χ1v) is 19.5. The Labute approximate surface area is 328 Å². The topological polar surface area (TPSA) is 51.8 Å². The molecule has 57 heavy (non-hydrogen) atoms. The van der Waals surface area contributed by atoms with Crippen LogP contribution in [0.25, 0.3) is 105 Å². The van der Waals surface area contributed by atoms with Crippen LogP contribution in [0, 0.1) is 0 Å². The zero-order chi connectivity index (χ0) is 37.5. The molecule has 1 aliphatic carbocycles. The normalized spacial score (nSPS) is 14.0. The maximum atomic E-state index is 6.78. The molecule has 1 unspecified atom stereocenters. The fourth-order valence-corrected chi connectivity index (χ4v) is 9.06. The first-order chi connectivity index (χ1) is 28.2. The van der Waals surface area contributed by atoms with E-state index in [1.165, 1.54) is 43.4 Å². The lowest BCUT2D eigenvalue weighted by molar-refractivity contribution is 0.670. The smallest absolute Gasteiger partial charge is 0.164 e. The number of hydrogen-bond acceptors (Lipinski definition) is 4. The minimum Gasteiger partial charge on any atom is -0.455 e. The molecule has 266 valence electrons. The van der Waals surface area contributed by atoms with E-state index < -0.39 is 0 Å². The van der Waals surface area contributed by atoms with Gasteiger partial charge in [0.25, 0.3) is 0 Å². The Morgan fingerprint density at radius 1 is 0.456 bits per heavy atom. The summed E-state index contributed by atoms with van der Waals surface area (Å²) in [5.41, 5.74) is 8.25. The van der Waals surface area contributed by atoms with Crippen LogP contribution in [0.1, 0.15) is 22.9 Å². The Bertz CT molecular complexity index is 3470. The van der Waals surface area contributed by atoms with Crippen LogP contribution >= 0.6 is 0 Å². The number of fused-ring (bicyclic) bond motifs is 10. The molecule has 4 nitrogen and oxygen atoms in total. The maximum absolute atomic E-state index is 6.78. The molecule has 4 heteroatoms. The standard InChI is InChI=1S/C53H33N3O/c1-2-13-35-29-37(25-21-32(35)11-1)41-27-28-45(49-44-19-9-10-20-48(44)57-50(41)49)52-54-51(38-26-24-34-23-22-33-12-3-5-15-39(33)46(34)31-38)55-53(56-52)47-30-36-14-4-6-16-40(36)42-17-7-8-18-43(42)47/h1-30,38H,31H2. The quantitative estimate of drug-likeness (QED) is 0.169. The molecule has 12 rings (SSSR count). The second kappa shape index (κ2) is 12.6. The predicted molar refractivity (Wildman–Crippen MR) is 235 cm³/mol. The van der Waals surface area contributed by atoms with Crippen LogP contribution in [0.5, 0.6) is 0 Å². The van der Waals surface area contributed by atoms with Crippen LogP contribution in [0.15, 0.2) is 180 Å². The average Bonchev–Trinajstić information content (AvgIpc) is 3.68. The van der Waals surface area contributed by atoms with Crippen molar-refractivity contribution in [3.05, 3.63) is 193 Å². The van der Waals surface area contributed by atoms with Gasteiger partial charge in [0, 0.05) is 33.4 Å². The highest BCUT2D eigenvalue weighted by atomic mass is 16.3. The fraction of sp³-hybridized carbons (Fsp3) is 0.0377. The van der Waals surface area contributed by atoms with Crippen molar-refractivity contribution in [1.29, 1.82) is 0 Å². The second-order valence-corrected chi connectivity index (χ2v) is 15.1. The summed E-state index contributed by atoms with van der Waals surface area (Å²) in [6.45, 7) is 0. The van der Waals surface area contributed by atoms with E-state index in [1.54, 1.807) is 0 Å². The van der Waals surface area contributed by atoms with Crippen molar-refractivity contribution in [3.8, 4) is 33.9 Å². The summed E-state index contributed by atoms with van der Waals surface area (Å²) in [5.74, 6) is 1.99. The van der Waals surface area contributed by atoms with Gasteiger partial charge in [0.2, 0.25) is 0 Å². The molecule has 0 N–H and O–H groups in total. The van der Waals surface area contributed by atoms with Crippen LogP contribution in [-0.4, -0.2) is 15.0 Å². The Balaban J connectivity index is 1.12. The zero-order valence-electron chi connectivity index (χ0n) is 30.9. The largest absolute Gasteiger partial charge is 0.455 e. The van der Waals surface area contributed by atoms with Gasteiger partial charge in [-0.1, -0.05) is 152 Å². The average molecular weight is 728 g/mol. The van der Waals surface area contributed by atoms with Gasteiger partial charge in [-0.3, -0.25) is 0 Å². The van der Waals surface area contributed by atoms with E-state index in [-0.39, 0.29) is 5.92 Å². The lowest BCUT2D eigenvalue weighted by atomic mass is 9.86.